The summed E-state index contributed by atoms with van der Waals surface area (Å²) in [5, 5.41) is 29.9. The highest BCUT2D eigenvalue weighted by Crippen LogP contribution is 2.34. The lowest BCUT2D eigenvalue weighted by Gasteiger charge is -2.42. The first-order valence-electron chi connectivity index (χ1n) is 7.14. The predicted octanol–water partition coefficient (Wildman–Crippen LogP) is 0.646. The normalized spacial score (nSPS) is 30.5. The van der Waals surface area contributed by atoms with Gasteiger partial charge in [0.25, 0.3) is 0 Å². The summed E-state index contributed by atoms with van der Waals surface area (Å²) >= 11 is 0. The molecule has 5 atom stereocenters. The van der Waals surface area contributed by atoms with E-state index in [1.807, 2.05) is 0 Å². The Morgan fingerprint density at radius 3 is 2.52 bits per heavy atom. The minimum Gasteiger partial charge on any atom is -0.508 e. The topological polar surface area (TPSA) is 105 Å². The second-order valence-electron chi connectivity index (χ2n) is 5.24. The third-order valence-electron chi connectivity index (χ3n) is 3.61. The molecule has 7 nitrogen and oxygen atoms in total. The smallest absolute Gasteiger partial charge is 0.302 e. The van der Waals surface area contributed by atoms with Gasteiger partial charge in [-0.1, -0.05) is 18.7 Å². The Morgan fingerprint density at radius 1 is 1.30 bits per heavy atom. The number of phenolic OH excluding ortho intramolecular Hbond substituents is 1. The van der Waals surface area contributed by atoms with E-state index < -0.39 is 36.5 Å². The van der Waals surface area contributed by atoms with Gasteiger partial charge in [-0.2, -0.15) is 0 Å². The van der Waals surface area contributed by atoms with Crippen molar-refractivity contribution in [1.29, 1.82) is 0 Å². The van der Waals surface area contributed by atoms with Crippen molar-refractivity contribution < 1.29 is 34.3 Å². The summed E-state index contributed by atoms with van der Waals surface area (Å²) < 4.78 is 15.9. The first-order valence-corrected chi connectivity index (χ1v) is 7.14. The molecular formula is C16H20O7. The minimum absolute atomic E-state index is 0.0731. The van der Waals surface area contributed by atoms with Crippen LogP contribution in [0.3, 0.4) is 0 Å². The van der Waals surface area contributed by atoms with E-state index in [4.69, 9.17) is 14.2 Å². The zero-order chi connectivity index (χ0) is 17.0. The van der Waals surface area contributed by atoms with Gasteiger partial charge in [0.1, 0.15) is 36.8 Å². The molecule has 0 spiro atoms. The minimum atomic E-state index is -1.26. The average molecular weight is 324 g/mol. The summed E-state index contributed by atoms with van der Waals surface area (Å²) in [6, 6.07) is 6.05. The van der Waals surface area contributed by atoms with Gasteiger partial charge in [-0.05, 0) is 17.7 Å². The van der Waals surface area contributed by atoms with Gasteiger partial charge in [-0.15, -0.1) is 0 Å². The fourth-order valence-electron chi connectivity index (χ4n) is 2.49. The molecule has 1 fully saturated rings. The molecule has 1 heterocycles. The van der Waals surface area contributed by atoms with Crippen molar-refractivity contribution in [1.82, 2.24) is 0 Å². The third-order valence-corrected chi connectivity index (χ3v) is 3.61. The van der Waals surface area contributed by atoms with Gasteiger partial charge >= 0.3 is 5.97 Å². The molecule has 0 bridgehead atoms. The third kappa shape index (κ3) is 4.01. The number of aliphatic hydroxyl groups excluding tert-OH is 2. The molecule has 7 heteroatoms. The van der Waals surface area contributed by atoms with Gasteiger partial charge in [-0.25, -0.2) is 0 Å². The van der Waals surface area contributed by atoms with E-state index >= 15 is 0 Å². The second-order valence-corrected chi connectivity index (χ2v) is 5.24. The maximum absolute atomic E-state index is 11.0. The van der Waals surface area contributed by atoms with Crippen LogP contribution in [0.25, 0.3) is 0 Å². The first kappa shape index (κ1) is 17.3. The Morgan fingerprint density at radius 2 is 1.96 bits per heavy atom. The lowest BCUT2D eigenvalue weighted by molar-refractivity contribution is -0.235. The molecule has 1 aliphatic rings. The van der Waals surface area contributed by atoms with Crippen LogP contribution in [0, 0.1) is 0 Å². The van der Waals surface area contributed by atoms with Gasteiger partial charge in [0, 0.05) is 6.92 Å². The highest BCUT2D eigenvalue weighted by Gasteiger charge is 2.46. The summed E-state index contributed by atoms with van der Waals surface area (Å²) in [6.07, 6.45) is -3.94. The Bertz CT molecular complexity index is 542. The van der Waals surface area contributed by atoms with E-state index in [9.17, 15) is 20.1 Å². The van der Waals surface area contributed by atoms with Crippen molar-refractivity contribution in [3.8, 4) is 5.75 Å². The van der Waals surface area contributed by atoms with Crippen LogP contribution in [0.15, 0.2) is 37.1 Å². The number of carbonyl (C=O) groups is 1. The van der Waals surface area contributed by atoms with Crippen molar-refractivity contribution in [2.75, 3.05) is 6.61 Å². The van der Waals surface area contributed by atoms with Gasteiger partial charge in [0.15, 0.2) is 6.10 Å². The van der Waals surface area contributed by atoms with Crippen LogP contribution in [0.5, 0.6) is 5.75 Å². The molecule has 0 aromatic heterocycles. The number of carbonyl (C=O) groups excluding carboxylic acids is 1. The monoisotopic (exact) mass is 324 g/mol. The van der Waals surface area contributed by atoms with Crippen LogP contribution in [0.2, 0.25) is 0 Å². The number of aromatic hydroxyl groups is 1. The molecule has 1 aromatic carbocycles. The van der Waals surface area contributed by atoms with Crippen molar-refractivity contribution >= 4 is 5.97 Å². The molecule has 3 N–H and O–H groups in total. The molecule has 1 aliphatic heterocycles. The maximum atomic E-state index is 11.0. The van der Waals surface area contributed by atoms with Crippen molar-refractivity contribution in [2.24, 2.45) is 0 Å². The Balaban J connectivity index is 2.22. The van der Waals surface area contributed by atoms with Crippen LogP contribution in [-0.2, 0) is 19.0 Å². The molecule has 1 saturated heterocycles. The molecule has 1 aromatic rings. The molecule has 2 rings (SSSR count). The molecular weight excluding hydrogens is 304 g/mol. The van der Waals surface area contributed by atoms with E-state index in [-0.39, 0.29) is 12.4 Å². The number of phenols is 1. The van der Waals surface area contributed by atoms with Crippen LogP contribution >= 0.6 is 0 Å². The molecule has 0 saturated carbocycles. The van der Waals surface area contributed by atoms with Crippen LogP contribution in [0.4, 0.5) is 0 Å². The quantitative estimate of drug-likeness (QED) is 0.539. The van der Waals surface area contributed by atoms with E-state index in [1.165, 1.54) is 19.1 Å². The van der Waals surface area contributed by atoms with E-state index in [2.05, 4.69) is 6.58 Å². The van der Waals surface area contributed by atoms with Gasteiger partial charge in [0.05, 0.1) is 6.26 Å². The van der Waals surface area contributed by atoms with E-state index in [1.54, 1.807) is 12.1 Å². The average Bonchev–Trinajstić information content (AvgIpc) is 2.52. The van der Waals surface area contributed by atoms with Crippen LogP contribution in [0.1, 0.15) is 18.6 Å². The maximum Gasteiger partial charge on any atom is 0.302 e. The molecule has 0 amide bonds. The Hall–Kier alpha value is -2.09. The van der Waals surface area contributed by atoms with Crippen LogP contribution < -0.4 is 0 Å². The molecule has 126 valence electrons. The summed E-state index contributed by atoms with van der Waals surface area (Å²) in [6.45, 7) is 4.55. The number of benzene rings is 1. The van der Waals surface area contributed by atoms with Crippen molar-refractivity contribution in [2.45, 2.75) is 37.4 Å². The number of aliphatic hydroxyl groups is 2. The zero-order valence-corrected chi connectivity index (χ0v) is 12.7. The number of hydrogen-bond acceptors (Lipinski definition) is 7. The highest BCUT2D eigenvalue weighted by atomic mass is 16.6. The first-order chi connectivity index (χ1) is 10.9. The number of rotatable bonds is 5. The Kier molecular flexibility index (Phi) is 5.59. The number of esters is 1. The Labute approximate surface area is 133 Å². The second kappa shape index (κ2) is 7.45. The largest absolute Gasteiger partial charge is 0.508 e. The molecule has 0 unspecified atom stereocenters. The predicted molar refractivity (Wildman–Crippen MR) is 79.4 cm³/mol. The van der Waals surface area contributed by atoms with E-state index in [0.717, 1.165) is 6.26 Å². The van der Waals surface area contributed by atoms with Crippen molar-refractivity contribution in [3.05, 3.63) is 42.7 Å². The highest BCUT2D eigenvalue weighted by molar-refractivity contribution is 5.65. The summed E-state index contributed by atoms with van der Waals surface area (Å²) in [5.41, 5.74) is 0.569. The van der Waals surface area contributed by atoms with Gasteiger partial charge in [-0.3, -0.25) is 4.79 Å². The summed E-state index contributed by atoms with van der Waals surface area (Å²) in [4.78, 5) is 11.0. The van der Waals surface area contributed by atoms with Crippen LogP contribution in [-0.4, -0.2) is 52.3 Å². The zero-order valence-electron chi connectivity index (χ0n) is 12.7. The van der Waals surface area contributed by atoms with E-state index in [0.29, 0.717) is 5.56 Å². The standard InChI is InChI=1S/C16H20O7/c1-3-21-16-12(8-22-9(2)17)23-15(13(19)14(16)20)10-4-6-11(18)7-5-10/h3-7,12-16,18-20H,1,8H2,2H3/t12-,13+,14-,15-,16-/m1/s1. The fraction of sp³-hybridized carbons (Fsp3) is 0.438. The molecule has 23 heavy (non-hydrogen) atoms. The van der Waals surface area contributed by atoms with Crippen molar-refractivity contribution in [3.63, 3.8) is 0 Å². The number of hydrogen-bond donors (Lipinski definition) is 3. The lowest BCUT2D eigenvalue weighted by atomic mass is 9.91. The lowest BCUT2D eigenvalue weighted by Crippen LogP contribution is -2.56. The molecule has 0 radical (unpaired) electrons. The number of ether oxygens (including phenoxy) is 3. The van der Waals surface area contributed by atoms with Gasteiger partial charge in [0.2, 0.25) is 0 Å². The molecule has 0 aliphatic carbocycles. The summed E-state index contributed by atoms with van der Waals surface area (Å²) in [7, 11) is 0. The summed E-state index contributed by atoms with van der Waals surface area (Å²) in [5.74, 6) is -0.420. The fourth-order valence-corrected chi connectivity index (χ4v) is 2.49. The van der Waals surface area contributed by atoms with Gasteiger partial charge < -0.3 is 29.5 Å². The SMILES string of the molecule is C=CO[C@H]1[C@H](O)[C@H](O)[C@@H](c2ccc(O)cc2)O[C@@H]1COC(C)=O.